The number of hydrogen-bond donors (Lipinski definition) is 2. The third kappa shape index (κ3) is 1.18. The average Bonchev–Trinajstić information content (AvgIpc) is 2.04. The van der Waals surface area contributed by atoms with Gasteiger partial charge in [0.15, 0.2) is 0 Å². The zero-order valence-electron chi connectivity index (χ0n) is 6.96. The van der Waals surface area contributed by atoms with Crippen molar-refractivity contribution >= 4 is 0 Å². The van der Waals surface area contributed by atoms with Crippen LogP contribution in [-0.4, -0.2) is 5.11 Å². The summed E-state index contributed by atoms with van der Waals surface area (Å²) >= 11 is 0. The predicted molar refractivity (Wildman–Crippen MR) is 48.0 cm³/mol. The Labute approximate surface area is 72.0 Å². The summed E-state index contributed by atoms with van der Waals surface area (Å²) < 4.78 is 0. The van der Waals surface area contributed by atoms with Gasteiger partial charge in [0.05, 0.1) is 0 Å². The molecule has 2 nitrogen and oxygen atoms in total. The van der Waals surface area contributed by atoms with E-state index in [4.69, 9.17) is 5.73 Å². The van der Waals surface area contributed by atoms with Crippen LogP contribution in [-0.2, 0) is 6.42 Å². The van der Waals surface area contributed by atoms with Crippen LogP contribution in [0, 0.1) is 0 Å². The summed E-state index contributed by atoms with van der Waals surface area (Å²) in [5.74, 6) is 0.350. The van der Waals surface area contributed by atoms with Gasteiger partial charge in [0, 0.05) is 6.04 Å². The molecule has 1 aliphatic carbocycles. The number of rotatable bonds is 0. The second-order valence-electron chi connectivity index (χ2n) is 3.38. The maximum atomic E-state index is 9.23. The van der Waals surface area contributed by atoms with Crippen LogP contribution in [0.15, 0.2) is 18.2 Å². The molecule has 1 aromatic carbocycles. The Morgan fingerprint density at radius 2 is 2.25 bits per heavy atom. The molecule has 2 heteroatoms. The molecule has 0 spiro atoms. The van der Waals surface area contributed by atoms with Gasteiger partial charge in [0.2, 0.25) is 0 Å². The van der Waals surface area contributed by atoms with E-state index in [9.17, 15) is 5.11 Å². The summed E-state index contributed by atoms with van der Waals surface area (Å²) in [6, 6.07) is 5.65. The first-order valence-corrected chi connectivity index (χ1v) is 4.35. The van der Waals surface area contributed by atoms with E-state index in [-0.39, 0.29) is 6.04 Å². The van der Waals surface area contributed by atoms with Crippen LogP contribution in [0.3, 0.4) is 0 Å². The molecule has 0 radical (unpaired) electrons. The molecule has 12 heavy (non-hydrogen) atoms. The minimum Gasteiger partial charge on any atom is -0.508 e. The summed E-state index contributed by atoms with van der Waals surface area (Å²) in [5, 5.41) is 9.23. The average molecular weight is 163 g/mol. The lowest BCUT2D eigenvalue weighted by molar-refractivity contribution is 0.471. The van der Waals surface area contributed by atoms with Gasteiger partial charge in [0.25, 0.3) is 0 Å². The number of aromatic hydroxyl groups is 1. The Hall–Kier alpha value is -1.02. The first-order valence-electron chi connectivity index (χ1n) is 4.35. The van der Waals surface area contributed by atoms with E-state index in [1.165, 1.54) is 11.1 Å². The van der Waals surface area contributed by atoms with Crippen molar-refractivity contribution in [3.63, 3.8) is 0 Å². The quantitative estimate of drug-likeness (QED) is 0.611. The number of hydrogen-bond acceptors (Lipinski definition) is 2. The molecule has 0 bridgehead atoms. The molecule has 0 aliphatic heterocycles. The lowest BCUT2D eigenvalue weighted by Crippen LogP contribution is -2.16. The molecule has 0 unspecified atom stereocenters. The summed E-state index contributed by atoms with van der Waals surface area (Å²) in [6.45, 7) is 0. The van der Waals surface area contributed by atoms with Crippen LogP contribution in [0.5, 0.6) is 5.75 Å². The summed E-state index contributed by atoms with van der Waals surface area (Å²) in [7, 11) is 0. The van der Waals surface area contributed by atoms with Crippen molar-refractivity contribution in [3.8, 4) is 5.75 Å². The third-order valence-electron chi connectivity index (χ3n) is 2.49. The van der Waals surface area contributed by atoms with E-state index >= 15 is 0 Å². The van der Waals surface area contributed by atoms with Crippen molar-refractivity contribution in [2.75, 3.05) is 0 Å². The standard InChI is InChI=1S/C10H13NO/c11-10-3-1-2-7-6-8(12)4-5-9(7)10/h4-6,10,12H,1-3,11H2/t10-/m1/s1. The molecule has 0 heterocycles. The van der Waals surface area contributed by atoms with Crippen LogP contribution in [0.4, 0.5) is 0 Å². The zero-order valence-corrected chi connectivity index (χ0v) is 6.96. The molecule has 2 rings (SSSR count). The van der Waals surface area contributed by atoms with E-state index in [1.807, 2.05) is 12.1 Å². The highest BCUT2D eigenvalue weighted by molar-refractivity contribution is 5.38. The smallest absolute Gasteiger partial charge is 0.115 e. The monoisotopic (exact) mass is 163 g/mol. The van der Waals surface area contributed by atoms with Gasteiger partial charge in [-0.25, -0.2) is 0 Å². The molecular weight excluding hydrogens is 150 g/mol. The fraction of sp³-hybridized carbons (Fsp3) is 0.400. The van der Waals surface area contributed by atoms with Crippen molar-refractivity contribution < 1.29 is 5.11 Å². The number of phenolic OH excluding ortho intramolecular Hbond substituents is 1. The topological polar surface area (TPSA) is 46.2 Å². The highest BCUT2D eigenvalue weighted by atomic mass is 16.3. The number of aryl methyl sites for hydroxylation is 1. The SMILES string of the molecule is N[C@@H]1CCCc2cc(O)ccc21. The molecule has 0 saturated carbocycles. The highest BCUT2D eigenvalue weighted by Crippen LogP contribution is 2.29. The van der Waals surface area contributed by atoms with E-state index in [0.717, 1.165) is 19.3 Å². The lowest BCUT2D eigenvalue weighted by Gasteiger charge is -2.21. The number of benzene rings is 1. The normalized spacial score (nSPS) is 21.9. The van der Waals surface area contributed by atoms with E-state index in [0.29, 0.717) is 5.75 Å². The minimum absolute atomic E-state index is 0.175. The Balaban J connectivity index is 2.46. The lowest BCUT2D eigenvalue weighted by atomic mass is 9.88. The van der Waals surface area contributed by atoms with Gasteiger partial charge in [-0.05, 0) is 42.5 Å². The Morgan fingerprint density at radius 1 is 1.42 bits per heavy atom. The second kappa shape index (κ2) is 2.79. The molecule has 1 aromatic rings. The molecule has 1 atom stereocenters. The predicted octanol–water partition coefficient (Wildman–Crippen LogP) is 1.73. The third-order valence-corrected chi connectivity index (χ3v) is 2.49. The van der Waals surface area contributed by atoms with Gasteiger partial charge in [0.1, 0.15) is 5.75 Å². The minimum atomic E-state index is 0.175. The van der Waals surface area contributed by atoms with E-state index in [1.54, 1.807) is 6.07 Å². The Morgan fingerprint density at radius 3 is 3.08 bits per heavy atom. The van der Waals surface area contributed by atoms with Crippen LogP contribution in [0.1, 0.15) is 30.0 Å². The molecule has 0 saturated heterocycles. The van der Waals surface area contributed by atoms with Crippen molar-refractivity contribution in [2.24, 2.45) is 5.73 Å². The van der Waals surface area contributed by atoms with Gasteiger partial charge < -0.3 is 10.8 Å². The number of phenols is 1. The fourth-order valence-electron chi connectivity index (χ4n) is 1.84. The van der Waals surface area contributed by atoms with Gasteiger partial charge in [-0.2, -0.15) is 0 Å². The maximum Gasteiger partial charge on any atom is 0.115 e. The fourth-order valence-corrected chi connectivity index (χ4v) is 1.84. The molecule has 1 aliphatic rings. The molecule has 0 amide bonds. The largest absolute Gasteiger partial charge is 0.508 e. The van der Waals surface area contributed by atoms with Gasteiger partial charge >= 0.3 is 0 Å². The summed E-state index contributed by atoms with van der Waals surface area (Å²) in [5.41, 5.74) is 8.34. The zero-order chi connectivity index (χ0) is 8.55. The molecule has 3 N–H and O–H groups in total. The first kappa shape index (κ1) is 7.62. The summed E-state index contributed by atoms with van der Waals surface area (Å²) in [4.78, 5) is 0. The second-order valence-corrected chi connectivity index (χ2v) is 3.38. The van der Waals surface area contributed by atoms with Crippen LogP contribution in [0.2, 0.25) is 0 Å². The van der Waals surface area contributed by atoms with Crippen molar-refractivity contribution in [1.29, 1.82) is 0 Å². The Kier molecular flexibility index (Phi) is 1.77. The van der Waals surface area contributed by atoms with Crippen LogP contribution < -0.4 is 5.73 Å². The van der Waals surface area contributed by atoms with Gasteiger partial charge in [-0.3, -0.25) is 0 Å². The maximum absolute atomic E-state index is 9.23. The van der Waals surface area contributed by atoms with Crippen LogP contribution >= 0.6 is 0 Å². The van der Waals surface area contributed by atoms with E-state index in [2.05, 4.69) is 0 Å². The van der Waals surface area contributed by atoms with Crippen molar-refractivity contribution in [2.45, 2.75) is 25.3 Å². The highest BCUT2D eigenvalue weighted by Gasteiger charge is 2.16. The molecule has 0 fully saturated rings. The van der Waals surface area contributed by atoms with E-state index < -0.39 is 0 Å². The Bertz CT molecular complexity index is 296. The van der Waals surface area contributed by atoms with Gasteiger partial charge in [-0.1, -0.05) is 6.07 Å². The summed E-state index contributed by atoms with van der Waals surface area (Å²) in [6.07, 6.45) is 3.26. The number of nitrogens with two attached hydrogens (primary N) is 1. The molecule has 64 valence electrons. The first-order chi connectivity index (χ1) is 5.77. The van der Waals surface area contributed by atoms with Gasteiger partial charge in [-0.15, -0.1) is 0 Å². The van der Waals surface area contributed by atoms with Crippen molar-refractivity contribution in [3.05, 3.63) is 29.3 Å². The van der Waals surface area contributed by atoms with Crippen molar-refractivity contribution in [1.82, 2.24) is 0 Å². The number of fused-ring (bicyclic) bond motifs is 1. The van der Waals surface area contributed by atoms with Crippen LogP contribution in [0.25, 0.3) is 0 Å². The molecular formula is C10H13NO. The molecule has 0 aromatic heterocycles.